The Morgan fingerprint density at radius 3 is 2.45 bits per heavy atom. The van der Waals surface area contributed by atoms with Crippen LogP contribution in [0, 0.1) is 0 Å². The summed E-state index contributed by atoms with van der Waals surface area (Å²) >= 11 is 0. The highest BCUT2D eigenvalue weighted by Crippen LogP contribution is 2.25. The molecule has 0 saturated heterocycles. The first kappa shape index (κ1) is 21.1. The lowest BCUT2D eigenvalue weighted by molar-refractivity contribution is 0.200. The molecule has 0 fully saturated rings. The number of hydrogen-bond acceptors (Lipinski definition) is 5. The maximum atomic E-state index is 6.19. The van der Waals surface area contributed by atoms with Gasteiger partial charge in [-0.3, -0.25) is 0 Å². The van der Waals surface area contributed by atoms with Gasteiger partial charge in [-0.1, -0.05) is 49.4 Å². The molecule has 0 aliphatic heterocycles. The van der Waals surface area contributed by atoms with Gasteiger partial charge in [0.2, 0.25) is 5.88 Å². The second-order valence-corrected chi connectivity index (χ2v) is 7.50. The zero-order valence-electron chi connectivity index (χ0n) is 18.1. The number of nitrogens with zero attached hydrogens (tertiary/aromatic N) is 2. The number of aryl methyl sites for hydroxylation is 3. The average Bonchev–Trinajstić information content (AvgIpc) is 3.24. The van der Waals surface area contributed by atoms with Crippen molar-refractivity contribution in [2.24, 2.45) is 0 Å². The normalized spacial score (nSPS) is 11.2. The Labute approximate surface area is 183 Å². The maximum absolute atomic E-state index is 6.19. The molecule has 5 nitrogen and oxygen atoms in total. The SMILES string of the molecule is CCc1cc(CCc2nc3ccccc3o2)c(OCc2ccccc2)nc1CCOC. The van der Waals surface area contributed by atoms with E-state index in [4.69, 9.17) is 18.9 Å². The molecule has 0 radical (unpaired) electrons. The highest BCUT2D eigenvalue weighted by Gasteiger charge is 2.14. The molecule has 2 heterocycles. The molecule has 0 saturated carbocycles. The van der Waals surface area contributed by atoms with Crippen LogP contribution in [0.25, 0.3) is 11.1 Å². The van der Waals surface area contributed by atoms with Gasteiger partial charge < -0.3 is 13.9 Å². The number of para-hydroxylation sites is 2. The second-order valence-electron chi connectivity index (χ2n) is 7.50. The van der Waals surface area contributed by atoms with Crippen LogP contribution in [-0.2, 0) is 37.0 Å². The molecular weight excluding hydrogens is 388 g/mol. The van der Waals surface area contributed by atoms with Crippen LogP contribution >= 0.6 is 0 Å². The van der Waals surface area contributed by atoms with E-state index in [0.29, 0.717) is 25.5 Å². The first-order valence-corrected chi connectivity index (χ1v) is 10.8. The van der Waals surface area contributed by atoms with Crippen molar-refractivity contribution >= 4 is 11.1 Å². The van der Waals surface area contributed by atoms with Gasteiger partial charge in [-0.15, -0.1) is 0 Å². The number of ether oxygens (including phenoxy) is 2. The first-order chi connectivity index (χ1) is 15.3. The topological polar surface area (TPSA) is 57.4 Å². The highest BCUT2D eigenvalue weighted by molar-refractivity contribution is 5.72. The van der Waals surface area contributed by atoms with E-state index in [1.54, 1.807) is 7.11 Å². The van der Waals surface area contributed by atoms with E-state index in [9.17, 15) is 0 Å². The largest absolute Gasteiger partial charge is 0.473 e. The molecule has 160 valence electrons. The van der Waals surface area contributed by atoms with Crippen LogP contribution < -0.4 is 4.74 Å². The Bertz CT molecular complexity index is 1090. The number of fused-ring (bicyclic) bond motifs is 1. The van der Waals surface area contributed by atoms with Crippen LogP contribution in [-0.4, -0.2) is 23.7 Å². The van der Waals surface area contributed by atoms with E-state index in [2.05, 4.69) is 30.1 Å². The summed E-state index contributed by atoms with van der Waals surface area (Å²) in [4.78, 5) is 9.51. The lowest BCUT2D eigenvalue weighted by Gasteiger charge is -2.15. The summed E-state index contributed by atoms with van der Waals surface area (Å²) in [7, 11) is 1.72. The van der Waals surface area contributed by atoms with Crippen LogP contribution in [0.15, 0.2) is 65.1 Å². The first-order valence-electron chi connectivity index (χ1n) is 10.8. The number of rotatable bonds is 10. The summed E-state index contributed by atoms with van der Waals surface area (Å²) in [6.45, 7) is 3.28. The minimum absolute atomic E-state index is 0.485. The molecular formula is C26H28N2O3. The van der Waals surface area contributed by atoms with Crippen molar-refractivity contribution in [1.29, 1.82) is 0 Å². The third-order valence-corrected chi connectivity index (χ3v) is 5.32. The summed E-state index contributed by atoms with van der Waals surface area (Å²) in [5, 5.41) is 0. The Balaban J connectivity index is 1.57. The molecule has 0 aliphatic rings. The predicted octanol–water partition coefficient (Wildman–Crippen LogP) is 5.34. The molecule has 0 atom stereocenters. The van der Waals surface area contributed by atoms with Gasteiger partial charge in [-0.25, -0.2) is 9.97 Å². The van der Waals surface area contributed by atoms with Gasteiger partial charge in [0.25, 0.3) is 0 Å². The van der Waals surface area contributed by atoms with Crippen LogP contribution in [0.1, 0.15) is 35.2 Å². The molecule has 5 heteroatoms. The van der Waals surface area contributed by atoms with Crippen molar-refractivity contribution in [1.82, 2.24) is 9.97 Å². The summed E-state index contributed by atoms with van der Waals surface area (Å²) < 4.78 is 17.4. The quantitative estimate of drug-likeness (QED) is 0.349. The standard InChI is InChI=1S/C26H28N2O3/c1-3-20-17-21(13-14-25-27-23-11-7-8-12-24(23)31-25)26(28-22(20)15-16-29-2)30-18-19-9-5-4-6-10-19/h4-12,17H,3,13-16,18H2,1-2H3. The molecule has 4 rings (SSSR count). The summed E-state index contributed by atoms with van der Waals surface area (Å²) in [5.41, 5.74) is 6.18. The third-order valence-electron chi connectivity index (χ3n) is 5.32. The maximum Gasteiger partial charge on any atom is 0.217 e. The smallest absolute Gasteiger partial charge is 0.217 e. The molecule has 0 amide bonds. The molecule has 4 aromatic rings. The Morgan fingerprint density at radius 2 is 1.68 bits per heavy atom. The van der Waals surface area contributed by atoms with Crippen LogP contribution in [0.3, 0.4) is 0 Å². The van der Waals surface area contributed by atoms with E-state index >= 15 is 0 Å². The lowest BCUT2D eigenvalue weighted by Crippen LogP contribution is -2.09. The monoisotopic (exact) mass is 416 g/mol. The highest BCUT2D eigenvalue weighted by atomic mass is 16.5. The van der Waals surface area contributed by atoms with E-state index in [1.165, 1.54) is 5.56 Å². The van der Waals surface area contributed by atoms with Crippen molar-refractivity contribution in [3.63, 3.8) is 0 Å². The third kappa shape index (κ3) is 5.30. The number of hydrogen-bond donors (Lipinski definition) is 0. The number of benzene rings is 2. The van der Waals surface area contributed by atoms with Gasteiger partial charge in [-0.2, -0.15) is 0 Å². The second kappa shape index (κ2) is 10.2. The molecule has 0 aliphatic carbocycles. The van der Waals surface area contributed by atoms with Gasteiger partial charge in [0.1, 0.15) is 12.1 Å². The zero-order valence-corrected chi connectivity index (χ0v) is 18.1. The van der Waals surface area contributed by atoms with Gasteiger partial charge in [-0.05, 0) is 42.2 Å². The van der Waals surface area contributed by atoms with Gasteiger partial charge >= 0.3 is 0 Å². The molecule has 0 N–H and O–H groups in total. The summed E-state index contributed by atoms with van der Waals surface area (Å²) in [5.74, 6) is 1.42. The average molecular weight is 417 g/mol. The fraction of sp³-hybridized carbons (Fsp3) is 0.308. The molecule has 0 bridgehead atoms. The molecule has 2 aromatic carbocycles. The lowest BCUT2D eigenvalue weighted by atomic mass is 10.0. The fourth-order valence-corrected chi connectivity index (χ4v) is 3.64. The molecule has 31 heavy (non-hydrogen) atoms. The molecule has 2 aromatic heterocycles. The number of methoxy groups -OCH3 is 1. The summed E-state index contributed by atoms with van der Waals surface area (Å²) in [6.07, 6.45) is 3.13. The minimum atomic E-state index is 0.485. The Morgan fingerprint density at radius 1 is 0.871 bits per heavy atom. The molecule has 0 unspecified atom stereocenters. The van der Waals surface area contributed by atoms with Crippen molar-refractivity contribution < 1.29 is 13.9 Å². The number of pyridine rings is 1. The number of oxazole rings is 1. The van der Waals surface area contributed by atoms with Gasteiger partial charge in [0, 0.05) is 31.2 Å². The van der Waals surface area contributed by atoms with Crippen LogP contribution in [0.2, 0.25) is 0 Å². The van der Waals surface area contributed by atoms with Crippen LogP contribution in [0.4, 0.5) is 0 Å². The predicted molar refractivity (Wildman–Crippen MR) is 121 cm³/mol. The van der Waals surface area contributed by atoms with E-state index < -0.39 is 0 Å². The zero-order chi connectivity index (χ0) is 21.5. The van der Waals surface area contributed by atoms with Gasteiger partial charge in [0.15, 0.2) is 11.5 Å². The Hall–Kier alpha value is -3.18. The van der Waals surface area contributed by atoms with Crippen molar-refractivity contribution in [3.8, 4) is 5.88 Å². The van der Waals surface area contributed by atoms with E-state index in [-0.39, 0.29) is 0 Å². The van der Waals surface area contributed by atoms with E-state index in [0.717, 1.165) is 53.1 Å². The summed E-state index contributed by atoms with van der Waals surface area (Å²) in [6, 6.07) is 20.2. The van der Waals surface area contributed by atoms with Crippen molar-refractivity contribution in [2.45, 2.75) is 39.2 Å². The van der Waals surface area contributed by atoms with Crippen molar-refractivity contribution in [2.75, 3.05) is 13.7 Å². The van der Waals surface area contributed by atoms with E-state index in [1.807, 2.05) is 42.5 Å². The number of aromatic nitrogens is 2. The molecule has 0 spiro atoms. The van der Waals surface area contributed by atoms with Gasteiger partial charge in [0.05, 0.1) is 6.61 Å². The van der Waals surface area contributed by atoms with Crippen molar-refractivity contribution in [3.05, 3.63) is 88.9 Å². The fourth-order valence-electron chi connectivity index (χ4n) is 3.64. The Kier molecular flexibility index (Phi) is 6.95. The van der Waals surface area contributed by atoms with Crippen LogP contribution in [0.5, 0.6) is 5.88 Å². The minimum Gasteiger partial charge on any atom is -0.473 e.